The maximum Gasteiger partial charge on any atom is 0.192 e. The first kappa shape index (κ1) is 16.9. The molecule has 0 spiro atoms. The van der Waals surface area contributed by atoms with E-state index in [4.69, 9.17) is 9.53 Å². The predicted molar refractivity (Wildman–Crippen MR) is 84.9 cm³/mol. The fraction of sp³-hybridized carbons (Fsp3) is 0.875. The van der Waals surface area contributed by atoms with Crippen LogP contribution in [0.4, 0.5) is 0 Å². The van der Waals surface area contributed by atoms with Gasteiger partial charge in [-0.3, -0.25) is 0 Å². The van der Waals surface area contributed by atoms with Crippen LogP contribution in [0.1, 0.15) is 59.3 Å². The third-order valence-electron chi connectivity index (χ3n) is 4.70. The lowest BCUT2D eigenvalue weighted by atomic mass is 9.94. The molecule has 19 heavy (non-hydrogen) atoms. The van der Waals surface area contributed by atoms with E-state index >= 15 is 0 Å². The minimum atomic E-state index is -1.62. The molecule has 0 heterocycles. The number of aliphatic hydroxyl groups excluding tert-OH is 1. The number of hydrogen-bond acceptors (Lipinski definition) is 2. The van der Waals surface area contributed by atoms with Gasteiger partial charge in [0.25, 0.3) is 0 Å². The van der Waals surface area contributed by atoms with E-state index in [9.17, 15) is 0 Å². The largest absolute Gasteiger partial charge is 0.414 e. The van der Waals surface area contributed by atoms with E-state index in [0.29, 0.717) is 11.1 Å². The first-order chi connectivity index (χ1) is 8.76. The molecule has 3 heteroatoms. The Labute approximate surface area is 120 Å². The number of rotatable bonds is 3. The summed E-state index contributed by atoms with van der Waals surface area (Å²) >= 11 is 0. The summed E-state index contributed by atoms with van der Waals surface area (Å²) in [6, 6.07) is 0. The highest BCUT2D eigenvalue weighted by Crippen LogP contribution is 2.38. The lowest BCUT2D eigenvalue weighted by Crippen LogP contribution is -2.44. The lowest BCUT2D eigenvalue weighted by molar-refractivity contribution is 0.153. The van der Waals surface area contributed by atoms with Crippen LogP contribution in [0.25, 0.3) is 0 Å². The fourth-order valence-electron chi connectivity index (χ4n) is 2.43. The summed E-state index contributed by atoms with van der Waals surface area (Å²) in [4.78, 5) is 0. The minimum Gasteiger partial charge on any atom is -0.414 e. The monoisotopic (exact) mass is 284 g/mol. The lowest BCUT2D eigenvalue weighted by Gasteiger charge is -2.40. The highest BCUT2D eigenvalue weighted by molar-refractivity contribution is 6.74. The van der Waals surface area contributed by atoms with E-state index in [1.165, 1.54) is 31.3 Å². The molecule has 0 aromatic heterocycles. The molecular weight excluding hydrogens is 252 g/mol. The predicted octanol–water partition coefficient (Wildman–Crippen LogP) is 4.65. The van der Waals surface area contributed by atoms with Gasteiger partial charge in [-0.15, -0.1) is 0 Å². The molecule has 1 saturated carbocycles. The van der Waals surface area contributed by atoms with Crippen molar-refractivity contribution in [3.63, 3.8) is 0 Å². The molecule has 0 saturated heterocycles. The molecule has 0 unspecified atom stereocenters. The highest BCUT2D eigenvalue weighted by atomic mass is 28.4. The second-order valence-electron chi connectivity index (χ2n) is 7.33. The highest BCUT2D eigenvalue weighted by Gasteiger charge is 2.39. The maximum atomic E-state index is 8.98. The van der Waals surface area contributed by atoms with Crippen LogP contribution in [-0.4, -0.2) is 26.1 Å². The third kappa shape index (κ3) is 5.40. The van der Waals surface area contributed by atoms with Crippen molar-refractivity contribution < 1.29 is 9.53 Å². The van der Waals surface area contributed by atoms with E-state index in [-0.39, 0.29) is 6.61 Å². The molecule has 1 N–H and O–H groups in total. The molecule has 0 aliphatic heterocycles. The van der Waals surface area contributed by atoms with Crippen LogP contribution in [-0.2, 0) is 4.43 Å². The van der Waals surface area contributed by atoms with Gasteiger partial charge in [0, 0.05) is 6.10 Å². The number of hydrogen-bond donors (Lipinski definition) is 1. The van der Waals surface area contributed by atoms with Crippen molar-refractivity contribution in [2.24, 2.45) is 0 Å². The zero-order valence-electron chi connectivity index (χ0n) is 13.5. The Morgan fingerprint density at radius 1 is 1.21 bits per heavy atom. The van der Waals surface area contributed by atoms with Crippen molar-refractivity contribution in [3.8, 4) is 0 Å². The van der Waals surface area contributed by atoms with Gasteiger partial charge in [0.15, 0.2) is 8.32 Å². The summed E-state index contributed by atoms with van der Waals surface area (Å²) < 4.78 is 6.54. The van der Waals surface area contributed by atoms with Gasteiger partial charge in [-0.2, -0.15) is 0 Å². The first-order valence-electron chi connectivity index (χ1n) is 7.73. The topological polar surface area (TPSA) is 29.5 Å². The van der Waals surface area contributed by atoms with Gasteiger partial charge < -0.3 is 9.53 Å². The van der Waals surface area contributed by atoms with Gasteiger partial charge >= 0.3 is 0 Å². The van der Waals surface area contributed by atoms with Gasteiger partial charge in [0.05, 0.1) is 6.61 Å². The summed E-state index contributed by atoms with van der Waals surface area (Å²) in [5, 5.41) is 9.28. The molecule has 1 aliphatic rings. The minimum absolute atomic E-state index is 0.194. The molecule has 0 bridgehead atoms. The zero-order valence-corrected chi connectivity index (χ0v) is 14.5. The van der Waals surface area contributed by atoms with Crippen molar-refractivity contribution >= 4 is 8.32 Å². The van der Waals surface area contributed by atoms with E-state index in [2.05, 4.69) is 33.9 Å². The van der Waals surface area contributed by atoms with Crippen LogP contribution in [0, 0.1) is 0 Å². The van der Waals surface area contributed by atoms with Crippen LogP contribution in [0.5, 0.6) is 0 Å². The summed E-state index contributed by atoms with van der Waals surface area (Å²) in [6.45, 7) is 11.8. The second-order valence-corrected chi connectivity index (χ2v) is 12.1. The standard InChI is InChI=1S/C16H32O2Si/c1-16(2,3)19(4,5)18-15-10-6-8-14(12-13-17)9-7-11-15/h12,15,17H,6-11,13H2,1-5H3. The van der Waals surface area contributed by atoms with E-state index < -0.39 is 8.32 Å². The summed E-state index contributed by atoms with van der Waals surface area (Å²) in [5.74, 6) is 0. The Morgan fingerprint density at radius 3 is 2.16 bits per heavy atom. The summed E-state index contributed by atoms with van der Waals surface area (Å²) in [7, 11) is -1.62. The van der Waals surface area contributed by atoms with E-state index in [1.807, 2.05) is 6.08 Å². The smallest absolute Gasteiger partial charge is 0.192 e. The molecule has 1 rings (SSSR count). The fourth-order valence-corrected chi connectivity index (χ4v) is 3.85. The van der Waals surface area contributed by atoms with Crippen molar-refractivity contribution in [1.29, 1.82) is 0 Å². The van der Waals surface area contributed by atoms with Crippen LogP contribution in [0.15, 0.2) is 11.6 Å². The molecule has 1 aliphatic carbocycles. The Bertz CT molecular complexity index is 290. The SMILES string of the molecule is CC(C)(C)[Si](C)(C)OC1CCCC(=CCO)CCC1. The molecule has 0 amide bonds. The second kappa shape index (κ2) is 7.05. The Balaban J connectivity index is 2.52. The molecule has 0 radical (unpaired) electrons. The Kier molecular flexibility index (Phi) is 6.28. The summed E-state index contributed by atoms with van der Waals surface area (Å²) in [5.41, 5.74) is 1.44. The zero-order chi connectivity index (χ0) is 14.5. The average Bonchev–Trinajstić information content (AvgIpc) is 2.23. The van der Waals surface area contributed by atoms with E-state index in [1.54, 1.807) is 0 Å². The Morgan fingerprint density at radius 2 is 1.74 bits per heavy atom. The van der Waals surface area contributed by atoms with Crippen LogP contribution in [0.2, 0.25) is 18.1 Å². The van der Waals surface area contributed by atoms with Gasteiger partial charge in [-0.05, 0) is 56.7 Å². The van der Waals surface area contributed by atoms with Crippen LogP contribution >= 0.6 is 0 Å². The van der Waals surface area contributed by atoms with Gasteiger partial charge in [-0.1, -0.05) is 32.4 Å². The van der Waals surface area contributed by atoms with Crippen LogP contribution < -0.4 is 0 Å². The third-order valence-corrected chi connectivity index (χ3v) is 9.23. The molecule has 0 aromatic carbocycles. The van der Waals surface area contributed by atoms with Crippen molar-refractivity contribution in [2.75, 3.05) is 6.61 Å². The molecule has 0 atom stereocenters. The normalized spacial score (nSPS) is 22.8. The van der Waals surface area contributed by atoms with Gasteiger partial charge in [0.1, 0.15) is 0 Å². The van der Waals surface area contributed by atoms with E-state index in [0.717, 1.165) is 12.8 Å². The van der Waals surface area contributed by atoms with Gasteiger partial charge in [0.2, 0.25) is 0 Å². The van der Waals surface area contributed by atoms with Crippen molar-refractivity contribution in [3.05, 3.63) is 11.6 Å². The Hall–Kier alpha value is -0.123. The van der Waals surface area contributed by atoms with Crippen molar-refractivity contribution in [1.82, 2.24) is 0 Å². The average molecular weight is 285 g/mol. The molecule has 2 nitrogen and oxygen atoms in total. The summed E-state index contributed by atoms with van der Waals surface area (Å²) in [6.07, 6.45) is 9.47. The maximum absolute atomic E-state index is 8.98. The molecule has 1 fully saturated rings. The van der Waals surface area contributed by atoms with Gasteiger partial charge in [-0.25, -0.2) is 0 Å². The first-order valence-corrected chi connectivity index (χ1v) is 10.6. The molecule has 112 valence electrons. The molecular formula is C16H32O2Si. The van der Waals surface area contributed by atoms with Crippen molar-refractivity contribution in [2.45, 2.75) is 83.5 Å². The molecule has 0 aromatic rings. The number of aliphatic hydroxyl groups is 1. The number of allylic oxidation sites excluding steroid dienone is 1. The van der Waals surface area contributed by atoms with Crippen LogP contribution in [0.3, 0.4) is 0 Å². The quantitative estimate of drug-likeness (QED) is 0.604.